The molecule has 2 aromatic heterocycles. The topological polar surface area (TPSA) is 71.1 Å². The van der Waals surface area contributed by atoms with Gasteiger partial charge in [-0.05, 0) is 55.1 Å². The van der Waals surface area contributed by atoms with Crippen molar-refractivity contribution >= 4 is 16.8 Å². The number of ether oxygens (including phenoxy) is 1. The van der Waals surface area contributed by atoms with Crippen molar-refractivity contribution in [3.63, 3.8) is 0 Å². The van der Waals surface area contributed by atoms with Crippen molar-refractivity contribution < 1.29 is 13.9 Å². The summed E-state index contributed by atoms with van der Waals surface area (Å²) in [5.74, 6) is 0.762. The van der Waals surface area contributed by atoms with Gasteiger partial charge in [-0.25, -0.2) is 14.4 Å². The molecule has 0 aliphatic rings. The highest BCUT2D eigenvalue weighted by molar-refractivity contribution is 5.92. The molecule has 0 spiro atoms. The van der Waals surface area contributed by atoms with E-state index in [4.69, 9.17) is 4.74 Å². The van der Waals surface area contributed by atoms with Crippen LogP contribution in [0.3, 0.4) is 0 Å². The molecule has 0 atom stereocenters. The molecule has 7 heteroatoms. The summed E-state index contributed by atoms with van der Waals surface area (Å²) in [5.41, 5.74) is 5.36. The summed E-state index contributed by atoms with van der Waals surface area (Å²) < 4.78 is 19.6. The number of benzene rings is 3. The summed E-state index contributed by atoms with van der Waals surface area (Å²) in [6, 6.07) is 23.7. The van der Waals surface area contributed by atoms with E-state index in [0.29, 0.717) is 29.4 Å². The second-order valence-corrected chi connectivity index (χ2v) is 9.25. The van der Waals surface area contributed by atoms with E-state index in [-0.39, 0.29) is 24.4 Å². The average Bonchev–Trinajstić information content (AvgIpc) is 3.24. The summed E-state index contributed by atoms with van der Waals surface area (Å²) in [7, 11) is 4.04. The third kappa shape index (κ3) is 5.73. The van der Waals surface area contributed by atoms with Gasteiger partial charge in [-0.2, -0.15) is 0 Å². The Morgan fingerprint density at radius 3 is 2.41 bits per heavy atom. The van der Waals surface area contributed by atoms with Gasteiger partial charge >= 0.3 is 0 Å². The van der Waals surface area contributed by atoms with Crippen LogP contribution in [0, 0.1) is 5.82 Å². The van der Waals surface area contributed by atoms with E-state index in [1.807, 2.05) is 56.6 Å². The number of carbonyl (C=O) groups excluding carboxylic acids is 1. The second kappa shape index (κ2) is 10.7. The van der Waals surface area contributed by atoms with E-state index in [0.717, 1.165) is 27.8 Å². The zero-order chi connectivity index (χ0) is 25.8. The monoisotopic (exact) mass is 494 g/mol. The van der Waals surface area contributed by atoms with E-state index in [2.05, 4.69) is 32.0 Å². The minimum atomic E-state index is -0.335. The maximum absolute atomic E-state index is 13.4. The first-order valence-electron chi connectivity index (χ1n) is 12.0. The molecule has 0 radical (unpaired) electrons. The van der Waals surface area contributed by atoms with Crippen molar-refractivity contribution in [2.24, 2.45) is 0 Å². The highest BCUT2D eigenvalue weighted by Crippen LogP contribution is 2.36. The van der Waals surface area contributed by atoms with Crippen molar-refractivity contribution in [2.75, 3.05) is 14.1 Å². The number of H-pyrrole nitrogens is 1. The molecule has 0 saturated heterocycles. The van der Waals surface area contributed by atoms with Gasteiger partial charge in [0, 0.05) is 24.9 Å². The predicted molar refractivity (Wildman–Crippen MR) is 142 cm³/mol. The maximum atomic E-state index is 13.4. The van der Waals surface area contributed by atoms with Gasteiger partial charge in [-0.1, -0.05) is 54.6 Å². The molecular weight excluding hydrogens is 467 g/mol. The summed E-state index contributed by atoms with van der Waals surface area (Å²) in [6.45, 7) is 0.681. The highest BCUT2D eigenvalue weighted by atomic mass is 19.1. The number of halogens is 1. The number of hydrogen-bond acceptors (Lipinski definition) is 5. The average molecular weight is 495 g/mol. The van der Waals surface area contributed by atoms with E-state index in [9.17, 15) is 9.18 Å². The first kappa shape index (κ1) is 24.3. The van der Waals surface area contributed by atoms with Crippen LogP contribution >= 0.6 is 0 Å². The predicted octanol–water partition coefficient (Wildman–Crippen LogP) is 5.97. The van der Waals surface area contributed by atoms with E-state index < -0.39 is 0 Å². The maximum Gasteiger partial charge on any atom is 0.232 e. The van der Waals surface area contributed by atoms with Crippen molar-refractivity contribution in [1.82, 2.24) is 19.9 Å². The Kier molecular flexibility index (Phi) is 7.05. The number of nitrogens with one attached hydrogen (secondary N) is 1. The van der Waals surface area contributed by atoms with Crippen LogP contribution in [0.2, 0.25) is 0 Å². The van der Waals surface area contributed by atoms with Crippen molar-refractivity contribution in [2.45, 2.75) is 19.4 Å². The SMILES string of the molecule is CN(C)Cc1c(-c2ccccc2)[nH]c2ncnc(Oc3ccc(CC(=O)Cc4cccc(F)c4)cc3)c12. The lowest BCUT2D eigenvalue weighted by atomic mass is 10.0. The number of aromatic amines is 1. The van der Waals surface area contributed by atoms with Crippen LogP contribution in [0.25, 0.3) is 22.3 Å². The molecule has 1 N–H and O–H groups in total. The second-order valence-electron chi connectivity index (χ2n) is 9.25. The third-order valence-corrected chi connectivity index (χ3v) is 6.03. The molecule has 186 valence electrons. The zero-order valence-corrected chi connectivity index (χ0v) is 20.7. The van der Waals surface area contributed by atoms with E-state index in [1.54, 1.807) is 12.1 Å². The van der Waals surface area contributed by atoms with Crippen LogP contribution in [-0.2, 0) is 24.2 Å². The standard InChI is InChI=1S/C30H27FN4O2/c1-35(2)18-26-27-29(34-28(26)22-8-4-3-5-9-22)32-19-33-30(27)37-25-13-11-20(12-14-25)16-24(36)17-21-7-6-10-23(31)15-21/h3-15,19H,16-18H2,1-2H3,(H,32,33,34). The summed E-state index contributed by atoms with van der Waals surface area (Å²) in [4.78, 5) is 26.9. The Balaban J connectivity index is 1.38. The minimum absolute atomic E-state index is 0.0193. The van der Waals surface area contributed by atoms with Gasteiger partial charge in [0.1, 0.15) is 29.3 Å². The van der Waals surface area contributed by atoms with Gasteiger partial charge in [-0.15, -0.1) is 0 Å². The molecule has 0 aliphatic carbocycles. The van der Waals surface area contributed by atoms with Crippen LogP contribution in [0.1, 0.15) is 16.7 Å². The molecule has 0 fully saturated rings. The van der Waals surface area contributed by atoms with Gasteiger partial charge in [0.15, 0.2) is 0 Å². The molecule has 5 aromatic rings. The molecule has 6 nitrogen and oxygen atoms in total. The normalized spacial score (nSPS) is 11.2. The number of ketones is 1. The fraction of sp³-hybridized carbons (Fsp3) is 0.167. The zero-order valence-electron chi connectivity index (χ0n) is 20.7. The van der Waals surface area contributed by atoms with Gasteiger partial charge in [0.05, 0.1) is 11.1 Å². The molecular formula is C30H27FN4O2. The Morgan fingerprint density at radius 2 is 1.68 bits per heavy atom. The van der Waals surface area contributed by atoms with Crippen molar-refractivity contribution in [3.8, 4) is 22.9 Å². The molecule has 0 unspecified atom stereocenters. The minimum Gasteiger partial charge on any atom is -0.438 e. The number of rotatable bonds is 9. The fourth-order valence-electron chi connectivity index (χ4n) is 4.41. The van der Waals surface area contributed by atoms with E-state index >= 15 is 0 Å². The van der Waals surface area contributed by atoms with E-state index in [1.165, 1.54) is 18.5 Å². The Labute approximate surface area is 214 Å². The van der Waals surface area contributed by atoms with Crippen molar-refractivity contribution in [3.05, 3.63) is 108 Å². The fourth-order valence-corrected chi connectivity index (χ4v) is 4.41. The number of fused-ring (bicyclic) bond motifs is 1. The molecule has 0 bridgehead atoms. The number of nitrogens with zero attached hydrogens (tertiary/aromatic N) is 3. The highest BCUT2D eigenvalue weighted by Gasteiger charge is 2.20. The molecule has 0 amide bonds. The number of hydrogen-bond donors (Lipinski definition) is 1. The molecule has 5 rings (SSSR count). The molecule has 0 aliphatic heterocycles. The largest absolute Gasteiger partial charge is 0.438 e. The van der Waals surface area contributed by atoms with Crippen LogP contribution in [0.5, 0.6) is 11.6 Å². The van der Waals surface area contributed by atoms with Crippen LogP contribution < -0.4 is 4.74 Å². The summed E-state index contributed by atoms with van der Waals surface area (Å²) in [6.07, 6.45) is 1.95. The van der Waals surface area contributed by atoms with Crippen LogP contribution in [-0.4, -0.2) is 39.7 Å². The van der Waals surface area contributed by atoms with Gasteiger partial charge < -0.3 is 14.6 Å². The third-order valence-electron chi connectivity index (χ3n) is 6.03. The lowest BCUT2D eigenvalue weighted by molar-refractivity contribution is -0.117. The van der Waals surface area contributed by atoms with Gasteiger partial charge in [0.2, 0.25) is 5.88 Å². The first-order chi connectivity index (χ1) is 18.0. The Bertz CT molecular complexity index is 1530. The number of aromatic nitrogens is 3. The number of Topliss-reactive ketones (excluding diaryl/α,β-unsaturated/α-hetero) is 1. The smallest absolute Gasteiger partial charge is 0.232 e. The summed E-state index contributed by atoms with van der Waals surface area (Å²) in [5, 5.41) is 0.837. The Morgan fingerprint density at radius 1 is 0.919 bits per heavy atom. The molecule has 2 heterocycles. The quantitative estimate of drug-likeness (QED) is 0.273. The van der Waals surface area contributed by atoms with Gasteiger partial charge in [-0.3, -0.25) is 4.79 Å². The van der Waals surface area contributed by atoms with Crippen LogP contribution in [0.4, 0.5) is 4.39 Å². The molecule has 0 saturated carbocycles. The molecule has 3 aromatic carbocycles. The van der Waals surface area contributed by atoms with Crippen molar-refractivity contribution in [1.29, 1.82) is 0 Å². The number of carbonyl (C=O) groups is 1. The van der Waals surface area contributed by atoms with Crippen LogP contribution in [0.15, 0.2) is 85.2 Å². The summed E-state index contributed by atoms with van der Waals surface area (Å²) >= 11 is 0. The lowest BCUT2D eigenvalue weighted by Crippen LogP contribution is -2.11. The van der Waals surface area contributed by atoms with Gasteiger partial charge in [0.25, 0.3) is 0 Å². The molecule has 37 heavy (non-hydrogen) atoms. The first-order valence-corrected chi connectivity index (χ1v) is 12.0. The Hall–Kier alpha value is -4.36. The lowest BCUT2D eigenvalue weighted by Gasteiger charge is -2.13.